The van der Waals surface area contributed by atoms with Gasteiger partial charge in [-0.3, -0.25) is 19.3 Å². The van der Waals surface area contributed by atoms with Crippen molar-refractivity contribution >= 4 is 33.4 Å². The summed E-state index contributed by atoms with van der Waals surface area (Å²) in [7, 11) is -2.88. The predicted octanol–water partition coefficient (Wildman–Crippen LogP) is 3.02. The van der Waals surface area contributed by atoms with Crippen molar-refractivity contribution in [3.05, 3.63) is 89.5 Å². The molecule has 0 radical (unpaired) electrons. The molecule has 8 nitrogen and oxygen atoms in total. The van der Waals surface area contributed by atoms with E-state index in [4.69, 9.17) is 4.74 Å². The zero-order chi connectivity index (χ0) is 23.8. The van der Waals surface area contributed by atoms with E-state index in [9.17, 15) is 22.8 Å². The fraction of sp³-hybridized carbons (Fsp3) is 0.125. The second kappa shape index (κ2) is 8.51. The number of benzene rings is 3. The monoisotopic (exact) mass is 464 g/mol. The van der Waals surface area contributed by atoms with Gasteiger partial charge in [0.1, 0.15) is 12.3 Å². The lowest BCUT2D eigenvalue weighted by Crippen LogP contribution is -2.45. The average molecular weight is 464 g/mol. The maximum Gasteiger partial charge on any atom is 0.270 e. The highest BCUT2D eigenvalue weighted by Gasteiger charge is 2.39. The van der Waals surface area contributed by atoms with E-state index in [2.05, 4.69) is 0 Å². The van der Waals surface area contributed by atoms with Gasteiger partial charge in [0.2, 0.25) is 0 Å². The number of fused-ring (bicyclic) bond motifs is 1. The van der Waals surface area contributed by atoms with Crippen LogP contribution in [-0.2, 0) is 14.8 Å². The normalized spacial score (nSPS) is 13.1. The second-order valence-corrected chi connectivity index (χ2v) is 9.20. The van der Waals surface area contributed by atoms with Gasteiger partial charge in [-0.25, -0.2) is 12.7 Å². The minimum Gasteiger partial charge on any atom is -0.497 e. The molecule has 4 rings (SSSR count). The minimum absolute atomic E-state index is 0.0537. The molecule has 0 spiro atoms. The minimum atomic E-state index is -4.34. The van der Waals surface area contributed by atoms with Crippen LogP contribution in [0.15, 0.2) is 77.7 Å². The Balaban J connectivity index is 1.73. The van der Waals surface area contributed by atoms with Gasteiger partial charge in [-0.1, -0.05) is 29.8 Å². The summed E-state index contributed by atoms with van der Waals surface area (Å²) in [5, 5.41) is 0. The Morgan fingerprint density at radius 2 is 1.42 bits per heavy atom. The zero-order valence-corrected chi connectivity index (χ0v) is 18.7. The van der Waals surface area contributed by atoms with Gasteiger partial charge >= 0.3 is 0 Å². The molecule has 0 aromatic heterocycles. The zero-order valence-electron chi connectivity index (χ0n) is 17.9. The standard InChI is InChI=1S/C24H20N2O6S/c1-16-7-13-19(14-8-16)33(30,31)26(17-9-11-18(32-2)12-10-17)22(27)15-25-23(28)20-5-3-4-6-21(20)24(25)29/h3-14H,15H2,1-2H3. The molecule has 3 amide bonds. The van der Waals surface area contributed by atoms with Crippen LogP contribution in [0.4, 0.5) is 5.69 Å². The van der Waals surface area contributed by atoms with Crippen LogP contribution in [0.1, 0.15) is 26.3 Å². The summed E-state index contributed by atoms with van der Waals surface area (Å²) in [6.45, 7) is 1.08. The number of carbonyl (C=O) groups excluding carboxylic acids is 3. The molecule has 0 fully saturated rings. The number of amides is 3. The van der Waals surface area contributed by atoms with Gasteiger partial charge in [-0.05, 0) is 55.5 Å². The van der Waals surface area contributed by atoms with Crippen molar-refractivity contribution in [3.63, 3.8) is 0 Å². The van der Waals surface area contributed by atoms with E-state index in [1.54, 1.807) is 24.3 Å². The SMILES string of the molecule is COc1ccc(N(C(=O)CN2C(=O)c3ccccc3C2=O)S(=O)(=O)c2ccc(C)cc2)cc1. The molecule has 0 saturated carbocycles. The van der Waals surface area contributed by atoms with Gasteiger partial charge in [0, 0.05) is 0 Å². The Labute approximate surface area is 191 Å². The summed E-state index contributed by atoms with van der Waals surface area (Å²) < 4.78 is 32.7. The van der Waals surface area contributed by atoms with Crippen molar-refractivity contribution < 1.29 is 27.5 Å². The molecular weight excluding hydrogens is 444 g/mol. The summed E-state index contributed by atoms with van der Waals surface area (Å²) in [5.41, 5.74) is 1.25. The van der Waals surface area contributed by atoms with Crippen LogP contribution in [0.25, 0.3) is 0 Å². The van der Waals surface area contributed by atoms with Crippen molar-refractivity contribution in [2.75, 3.05) is 18.0 Å². The Morgan fingerprint density at radius 1 is 0.879 bits per heavy atom. The summed E-state index contributed by atoms with van der Waals surface area (Å²) in [6.07, 6.45) is 0. The Hall–Kier alpha value is -3.98. The van der Waals surface area contributed by atoms with E-state index in [1.165, 1.54) is 55.6 Å². The first-order chi connectivity index (χ1) is 15.7. The molecule has 0 N–H and O–H groups in total. The first kappa shape index (κ1) is 22.2. The van der Waals surface area contributed by atoms with Crippen molar-refractivity contribution in [3.8, 4) is 5.75 Å². The molecule has 0 unspecified atom stereocenters. The molecule has 0 saturated heterocycles. The molecule has 1 aliphatic rings. The highest BCUT2D eigenvalue weighted by Crippen LogP contribution is 2.28. The number of carbonyl (C=O) groups is 3. The third kappa shape index (κ3) is 3.98. The number of anilines is 1. The van der Waals surface area contributed by atoms with E-state index in [-0.39, 0.29) is 21.7 Å². The number of sulfonamides is 1. The number of rotatable bonds is 6. The van der Waals surface area contributed by atoms with Crippen LogP contribution in [0.5, 0.6) is 5.75 Å². The van der Waals surface area contributed by atoms with Crippen LogP contribution >= 0.6 is 0 Å². The summed E-state index contributed by atoms with van der Waals surface area (Å²) in [6, 6.07) is 18.1. The highest BCUT2D eigenvalue weighted by molar-refractivity contribution is 7.93. The van der Waals surface area contributed by atoms with Crippen LogP contribution in [-0.4, -0.2) is 44.7 Å². The lowest BCUT2D eigenvalue weighted by molar-refractivity contribution is -0.117. The fourth-order valence-electron chi connectivity index (χ4n) is 3.53. The lowest BCUT2D eigenvalue weighted by atomic mass is 10.1. The molecule has 33 heavy (non-hydrogen) atoms. The fourth-order valence-corrected chi connectivity index (χ4v) is 4.95. The number of imide groups is 1. The maximum absolute atomic E-state index is 13.5. The number of ether oxygens (including phenoxy) is 1. The van der Waals surface area contributed by atoms with Gasteiger partial charge in [0.25, 0.3) is 27.7 Å². The van der Waals surface area contributed by atoms with E-state index < -0.39 is 34.3 Å². The quantitative estimate of drug-likeness (QED) is 0.520. The summed E-state index contributed by atoms with van der Waals surface area (Å²) in [5.74, 6) is -1.77. The molecule has 168 valence electrons. The average Bonchev–Trinajstić information content (AvgIpc) is 3.05. The van der Waals surface area contributed by atoms with Gasteiger partial charge in [0.15, 0.2) is 0 Å². The van der Waals surface area contributed by atoms with Crippen molar-refractivity contribution in [2.24, 2.45) is 0 Å². The Morgan fingerprint density at radius 3 is 1.94 bits per heavy atom. The molecule has 3 aromatic rings. The first-order valence-electron chi connectivity index (χ1n) is 9.98. The molecule has 1 aliphatic heterocycles. The first-order valence-corrected chi connectivity index (χ1v) is 11.4. The Bertz CT molecular complexity index is 1310. The van der Waals surface area contributed by atoms with Gasteiger partial charge < -0.3 is 4.74 Å². The smallest absolute Gasteiger partial charge is 0.270 e. The van der Waals surface area contributed by atoms with E-state index >= 15 is 0 Å². The van der Waals surface area contributed by atoms with E-state index in [0.29, 0.717) is 10.1 Å². The Kier molecular flexibility index (Phi) is 5.73. The van der Waals surface area contributed by atoms with Gasteiger partial charge in [-0.2, -0.15) is 0 Å². The van der Waals surface area contributed by atoms with E-state index in [0.717, 1.165) is 10.5 Å². The van der Waals surface area contributed by atoms with Crippen LogP contribution in [0.2, 0.25) is 0 Å². The van der Waals surface area contributed by atoms with Gasteiger partial charge in [-0.15, -0.1) is 0 Å². The molecule has 3 aromatic carbocycles. The number of methoxy groups -OCH3 is 1. The largest absolute Gasteiger partial charge is 0.497 e. The number of aryl methyl sites for hydroxylation is 1. The van der Waals surface area contributed by atoms with E-state index in [1.807, 2.05) is 6.92 Å². The molecule has 0 bridgehead atoms. The number of hydrogen-bond donors (Lipinski definition) is 0. The summed E-state index contributed by atoms with van der Waals surface area (Å²) in [4.78, 5) is 39.4. The number of hydrogen-bond acceptors (Lipinski definition) is 6. The van der Waals surface area contributed by atoms with Crippen molar-refractivity contribution in [2.45, 2.75) is 11.8 Å². The van der Waals surface area contributed by atoms with Crippen LogP contribution in [0.3, 0.4) is 0 Å². The van der Waals surface area contributed by atoms with Crippen molar-refractivity contribution in [1.29, 1.82) is 0 Å². The van der Waals surface area contributed by atoms with Crippen LogP contribution < -0.4 is 9.04 Å². The topological polar surface area (TPSA) is 101 Å². The lowest BCUT2D eigenvalue weighted by Gasteiger charge is -2.25. The maximum atomic E-state index is 13.5. The molecule has 1 heterocycles. The van der Waals surface area contributed by atoms with Crippen molar-refractivity contribution in [1.82, 2.24) is 4.90 Å². The third-order valence-corrected chi connectivity index (χ3v) is 7.03. The second-order valence-electron chi connectivity index (χ2n) is 7.42. The molecule has 0 atom stereocenters. The molecular formula is C24H20N2O6S. The van der Waals surface area contributed by atoms with Gasteiger partial charge in [0.05, 0.1) is 28.8 Å². The third-order valence-electron chi connectivity index (χ3n) is 5.26. The number of nitrogens with zero attached hydrogens (tertiary/aromatic N) is 2. The highest BCUT2D eigenvalue weighted by atomic mass is 32.2. The van der Waals surface area contributed by atoms with Crippen LogP contribution in [0, 0.1) is 6.92 Å². The predicted molar refractivity (Wildman–Crippen MR) is 121 cm³/mol. The molecule has 0 aliphatic carbocycles. The summed E-state index contributed by atoms with van der Waals surface area (Å²) >= 11 is 0. The molecule has 9 heteroatoms.